The van der Waals surface area contributed by atoms with E-state index in [1.54, 1.807) is 0 Å². The normalized spacial score (nSPS) is 10.0. The molecule has 0 unspecified atom stereocenters. The monoisotopic (exact) mass is 380 g/mol. The molecule has 0 bridgehead atoms. The molecule has 0 rings (SSSR count). The first-order valence-electron chi connectivity index (χ1n) is 8.69. The summed E-state index contributed by atoms with van der Waals surface area (Å²) in [5.74, 6) is 0.140. The van der Waals surface area contributed by atoms with E-state index in [0.29, 0.717) is 18.8 Å². The van der Waals surface area contributed by atoms with E-state index in [9.17, 15) is 9.59 Å². The third-order valence-electron chi connectivity index (χ3n) is 3.34. The van der Waals surface area contributed by atoms with Crippen LogP contribution in [-0.2, 0) is 29.1 Å². The second-order valence-electron chi connectivity index (χ2n) is 6.77. The third-order valence-corrected chi connectivity index (χ3v) is 3.34. The van der Waals surface area contributed by atoms with Gasteiger partial charge in [-0.05, 0) is 24.7 Å². The number of carbonyl (C=O) groups is 2. The van der Waals surface area contributed by atoms with Crippen molar-refractivity contribution in [1.29, 1.82) is 0 Å². The van der Waals surface area contributed by atoms with Gasteiger partial charge in [0.2, 0.25) is 0 Å². The van der Waals surface area contributed by atoms with E-state index >= 15 is 0 Å². The van der Waals surface area contributed by atoms with Gasteiger partial charge in [0.25, 0.3) is 0 Å². The molecule has 5 heteroatoms. The van der Waals surface area contributed by atoms with Crippen molar-refractivity contribution in [2.24, 2.45) is 11.8 Å². The summed E-state index contributed by atoms with van der Waals surface area (Å²) in [5.41, 5.74) is 0. The first-order valence-corrected chi connectivity index (χ1v) is 8.69. The molecule has 0 saturated carbocycles. The van der Waals surface area contributed by atoms with Crippen LogP contribution in [0.3, 0.4) is 0 Å². The zero-order valence-electron chi connectivity index (χ0n) is 15.6. The summed E-state index contributed by atoms with van der Waals surface area (Å²) in [6.45, 7) is 8.75. The van der Waals surface area contributed by atoms with Gasteiger partial charge < -0.3 is 10.2 Å². The number of carboxylic acid groups (broad SMARTS) is 2. The second kappa shape index (κ2) is 19.6. The molecule has 23 heavy (non-hydrogen) atoms. The molecule has 0 spiro atoms. The Morgan fingerprint density at radius 2 is 0.957 bits per heavy atom. The van der Waals surface area contributed by atoms with Crippen molar-refractivity contribution in [2.75, 3.05) is 0 Å². The molecule has 0 radical (unpaired) electrons. The molecule has 0 aliphatic rings. The van der Waals surface area contributed by atoms with Crippen molar-refractivity contribution in [2.45, 2.75) is 91.9 Å². The number of hydrogen-bond donors (Lipinski definition) is 2. The quantitative estimate of drug-likeness (QED) is 0.353. The molecule has 0 atom stereocenters. The maximum Gasteiger partial charge on any atom is 0.303 e. The number of hydrogen-bond acceptors (Lipinski definition) is 2. The average Bonchev–Trinajstić information content (AvgIpc) is 2.38. The largest absolute Gasteiger partial charge is 0.481 e. The van der Waals surface area contributed by atoms with Gasteiger partial charge in [0.1, 0.15) is 0 Å². The number of aliphatic carboxylic acids is 2. The van der Waals surface area contributed by atoms with Crippen LogP contribution in [0.5, 0.6) is 0 Å². The molecule has 0 fully saturated rings. The standard InChI is InChI=1S/C10H20O2.C8H16O2.Zn/c1-9(2)7-5-3-4-6-8-10(11)12;1-7(2)5-3-4-6-8(9)10;/h9H,3-8H2,1-2H3,(H,11,12);7H,3-6H2,1-2H3,(H,9,10);. The Morgan fingerprint density at radius 1 is 0.652 bits per heavy atom. The smallest absolute Gasteiger partial charge is 0.303 e. The Hall–Kier alpha value is -0.437. The van der Waals surface area contributed by atoms with Crippen LogP contribution >= 0.6 is 0 Å². The van der Waals surface area contributed by atoms with Crippen molar-refractivity contribution in [1.82, 2.24) is 0 Å². The third kappa shape index (κ3) is 34.1. The van der Waals surface area contributed by atoms with E-state index in [2.05, 4.69) is 27.7 Å². The first kappa shape index (κ1) is 27.4. The number of unbranched alkanes of at least 4 members (excludes halogenated alkanes) is 4. The van der Waals surface area contributed by atoms with Crippen LogP contribution in [0.4, 0.5) is 0 Å². The van der Waals surface area contributed by atoms with Crippen molar-refractivity contribution < 1.29 is 39.3 Å². The van der Waals surface area contributed by atoms with Crippen LogP contribution in [0, 0.1) is 11.8 Å². The fraction of sp³-hybridized carbons (Fsp3) is 0.889. The Kier molecular flexibility index (Phi) is 23.4. The van der Waals surface area contributed by atoms with Gasteiger partial charge in [0.15, 0.2) is 0 Å². The van der Waals surface area contributed by atoms with Crippen LogP contribution in [0.1, 0.15) is 91.9 Å². The van der Waals surface area contributed by atoms with Gasteiger partial charge in [-0.2, -0.15) is 0 Å². The van der Waals surface area contributed by atoms with Crippen molar-refractivity contribution in [3.63, 3.8) is 0 Å². The molecular formula is C18H36O4Zn. The SMILES string of the molecule is CC(C)CCCCC(=O)O.CC(C)CCCCCCC(=O)O.[Zn]. The average molecular weight is 382 g/mol. The minimum Gasteiger partial charge on any atom is -0.481 e. The minimum atomic E-state index is -0.677. The Morgan fingerprint density at radius 3 is 1.30 bits per heavy atom. The Labute approximate surface area is 155 Å². The topological polar surface area (TPSA) is 74.6 Å². The molecule has 4 nitrogen and oxygen atoms in total. The zero-order valence-corrected chi connectivity index (χ0v) is 18.6. The summed E-state index contributed by atoms with van der Waals surface area (Å²) < 4.78 is 0. The predicted molar refractivity (Wildman–Crippen MR) is 91.1 cm³/mol. The molecular weight excluding hydrogens is 346 g/mol. The molecule has 0 amide bonds. The van der Waals surface area contributed by atoms with E-state index in [1.165, 1.54) is 19.3 Å². The van der Waals surface area contributed by atoms with Crippen LogP contribution in [-0.4, -0.2) is 22.2 Å². The molecule has 0 aromatic carbocycles. The Balaban J connectivity index is -0.000000338. The summed E-state index contributed by atoms with van der Waals surface area (Å²) >= 11 is 0. The second-order valence-corrected chi connectivity index (χ2v) is 6.77. The fourth-order valence-electron chi connectivity index (χ4n) is 2.01. The first-order chi connectivity index (χ1) is 10.3. The zero-order chi connectivity index (χ0) is 17.4. The fourth-order valence-corrected chi connectivity index (χ4v) is 2.01. The van der Waals surface area contributed by atoms with Crippen LogP contribution < -0.4 is 0 Å². The molecule has 2 N–H and O–H groups in total. The molecule has 134 valence electrons. The number of rotatable bonds is 12. The van der Waals surface area contributed by atoms with Gasteiger partial charge in [-0.25, -0.2) is 0 Å². The number of carboxylic acids is 2. The molecule has 0 aliphatic carbocycles. The van der Waals surface area contributed by atoms with Crippen molar-refractivity contribution >= 4 is 11.9 Å². The van der Waals surface area contributed by atoms with Gasteiger partial charge in [-0.15, -0.1) is 0 Å². The maximum absolute atomic E-state index is 10.1. The van der Waals surface area contributed by atoms with Crippen LogP contribution in [0.2, 0.25) is 0 Å². The summed E-state index contributed by atoms with van der Waals surface area (Å²) in [6, 6.07) is 0. The Bertz CT molecular complexity index is 278. The summed E-state index contributed by atoms with van der Waals surface area (Å²) in [5, 5.41) is 16.6. The van der Waals surface area contributed by atoms with Gasteiger partial charge in [0, 0.05) is 32.3 Å². The van der Waals surface area contributed by atoms with Gasteiger partial charge in [-0.3, -0.25) is 9.59 Å². The molecule has 0 saturated heterocycles. The molecule has 0 aliphatic heterocycles. The maximum atomic E-state index is 10.1. The summed E-state index contributed by atoms with van der Waals surface area (Å²) in [4.78, 5) is 20.2. The molecule has 0 aromatic heterocycles. The van der Waals surface area contributed by atoms with E-state index in [0.717, 1.165) is 38.0 Å². The predicted octanol–water partition coefficient (Wildman–Crippen LogP) is 5.35. The van der Waals surface area contributed by atoms with Gasteiger partial charge in [0.05, 0.1) is 0 Å². The summed E-state index contributed by atoms with van der Waals surface area (Å²) in [7, 11) is 0. The van der Waals surface area contributed by atoms with E-state index in [-0.39, 0.29) is 19.5 Å². The molecule has 0 aromatic rings. The van der Waals surface area contributed by atoms with Gasteiger partial charge >= 0.3 is 11.9 Å². The molecule has 0 heterocycles. The van der Waals surface area contributed by atoms with Crippen LogP contribution in [0.15, 0.2) is 0 Å². The van der Waals surface area contributed by atoms with E-state index in [1.807, 2.05) is 0 Å². The van der Waals surface area contributed by atoms with Gasteiger partial charge in [-0.1, -0.05) is 66.2 Å². The summed E-state index contributed by atoms with van der Waals surface area (Å²) in [6.07, 6.45) is 9.29. The van der Waals surface area contributed by atoms with E-state index in [4.69, 9.17) is 10.2 Å². The van der Waals surface area contributed by atoms with Crippen molar-refractivity contribution in [3.05, 3.63) is 0 Å². The van der Waals surface area contributed by atoms with Crippen LogP contribution in [0.25, 0.3) is 0 Å². The minimum absolute atomic E-state index is 0. The van der Waals surface area contributed by atoms with E-state index < -0.39 is 11.9 Å². The van der Waals surface area contributed by atoms with Crippen molar-refractivity contribution in [3.8, 4) is 0 Å².